The Kier molecular flexibility index (Phi) is 5.35. The van der Waals surface area contributed by atoms with Gasteiger partial charge in [-0.1, -0.05) is 18.2 Å². The lowest BCUT2D eigenvalue weighted by atomic mass is 10.3. The molecule has 0 saturated heterocycles. The van der Waals surface area contributed by atoms with Gasteiger partial charge >= 0.3 is 0 Å². The molecule has 2 aromatic heterocycles. The molecule has 0 unspecified atom stereocenters. The molecule has 0 aliphatic carbocycles. The van der Waals surface area contributed by atoms with Gasteiger partial charge in [0.15, 0.2) is 0 Å². The molecule has 0 saturated carbocycles. The Balaban J connectivity index is 1.74. The van der Waals surface area contributed by atoms with Crippen molar-refractivity contribution >= 4 is 33.5 Å². The fraction of sp³-hybridized carbons (Fsp3) is 0.111. The van der Waals surface area contributed by atoms with Crippen LogP contribution >= 0.6 is 15.9 Å². The molecule has 3 aromatic rings. The number of benzene rings is 1. The van der Waals surface area contributed by atoms with Crippen molar-refractivity contribution in [3.63, 3.8) is 0 Å². The van der Waals surface area contributed by atoms with E-state index < -0.39 is 0 Å². The number of carbonyl (C=O) groups is 1. The predicted octanol–water partition coefficient (Wildman–Crippen LogP) is 3.81. The number of hydrogen-bond donors (Lipinski definition) is 2. The lowest BCUT2D eigenvalue weighted by Gasteiger charge is -2.09. The first-order chi connectivity index (χ1) is 12.1. The van der Waals surface area contributed by atoms with Crippen LogP contribution in [0.4, 0.5) is 11.6 Å². The zero-order valence-corrected chi connectivity index (χ0v) is 15.1. The van der Waals surface area contributed by atoms with Gasteiger partial charge < -0.3 is 10.6 Å². The number of anilines is 2. The molecule has 3 rings (SSSR count). The number of para-hydroxylation sites is 1. The highest BCUT2D eigenvalue weighted by atomic mass is 79.9. The van der Waals surface area contributed by atoms with Gasteiger partial charge in [-0.3, -0.25) is 9.78 Å². The zero-order valence-electron chi connectivity index (χ0n) is 13.5. The molecule has 2 heterocycles. The van der Waals surface area contributed by atoms with Crippen LogP contribution in [0.25, 0.3) is 0 Å². The van der Waals surface area contributed by atoms with Crippen molar-refractivity contribution in [2.24, 2.45) is 0 Å². The van der Waals surface area contributed by atoms with E-state index in [1.165, 1.54) is 0 Å². The number of hydrogen-bond acceptors (Lipinski definition) is 5. The Morgan fingerprint density at radius 2 is 2.00 bits per heavy atom. The third-order valence-corrected chi connectivity index (χ3v) is 4.07. The Labute approximate surface area is 153 Å². The minimum Gasteiger partial charge on any atom is -0.350 e. The van der Waals surface area contributed by atoms with Gasteiger partial charge in [-0.2, -0.15) is 0 Å². The first-order valence-electron chi connectivity index (χ1n) is 7.66. The second-order valence-corrected chi connectivity index (χ2v) is 6.22. The number of halogens is 1. The molecule has 25 heavy (non-hydrogen) atoms. The molecule has 0 aliphatic rings. The highest BCUT2D eigenvalue weighted by Gasteiger charge is 2.12. The normalized spacial score (nSPS) is 10.3. The fourth-order valence-electron chi connectivity index (χ4n) is 2.20. The molecular formula is C18H16BrN5O. The zero-order chi connectivity index (χ0) is 17.6. The number of amides is 1. The Morgan fingerprint density at radius 3 is 2.76 bits per heavy atom. The summed E-state index contributed by atoms with van der Waals surface area (Å²) in [5.74, 6) is 0.114. The molecule has 2 N–H and O–H groups in total. The standard InChI is InChI=1S/C18H16BrN5O/c1-12-9-16(17(25)23-15-7-3-2-6-14(15)19)24-18(22-12)21-11-13-5-4-8-20-10-13/h2-10H,11H2,1H3,(H,23,25)(H,21,22,24). The van der Waals surface area contributed by atoms with Gasteiger partial charge in [0.05, 0.1) is 5.69 Å². The quantitative estimate of drug-likeness (QED) is 0.684. The van der Waals surface area contributed by atoms with Crippen LogP contribution in [0.1, 0.15) is 21.7 Å². The van der Waals surface area contributed by atoms with E-state index >= 15 is 0 Å². The molecular weight excluding hydrogens is 382 g/mol. The summed E-state index contributed by atoms with van der Waals surface area (Å²) in [6.45, 7) is 2.36. The molecule has 126 valence electrons. The van der Waals surface area contributed by atoms with Crippen LogP contribution in [0.3, 0.4) is 0 Å². The van der Waals surface area contributed by atoms with Crippen molar-refractivity contribution < 1.29 is 4.79 Å². The summed E-state index contributed by atoms with van der Waals surface area (Å²) in [6, 6.07) is 12.9. The van der Waals surface area contributed by atoms with E-state index in [4.69, 9.17) is 0 Å². The van der Waals surface area contributed by atoms with Crippen LogP contribution in [0.5, 0.6) is 0 Å². The maximum Gasteiger partial charge on any atom is 0.274 e. The van der Waals surface area contributed by atoms with Gasteiger partial charge in [0.25, 0.3) is 5.91 Å². The third-order valence-electron chi connectivity index (χ3n) is 3.38. The monoisotopic (exact) mass is 397 g/mol. The number of aryl methyl sites for hydroxylation is 1. The summed E-state index contributed by atoms with van der Waals surface area (Å²) < 4.78 is 0.809. The highest BCUT2D eigenvalue weighted by molar-refractivity contribution is 9.10. The smallest absolute Gasteiger partial charge is 0.274 e. The third kappa shape index (κ3) is 4.60. The molecule has 0 spiro atoms. The van der Waals surface area contributed by atoms with Gasteiger partial charge in [-0.05, 0) is 52.7 Å². The Hall–Kier alpha value is -2.80. The summed E-state index contributed by atoms with van der Waals surface area (Å²) in [5.41, 5.74) is 2.71. The van der Waals surface area contributed by atoms with Crippen molar-refractivity contribution in [3.8, 4) is 0 Å². The van der Waals surface area contributed by atoms with Crippen molar-refractivity contribution in [1.82, 2.24) is 15.0 Å². The molecule has 6 nitrogen and oxygen atoms in total. The van der Waals surface area contributed by atoms with Crippen LogP contribution in [-0.4, -0.2) is 20.9 Å². The number of nitrogens with zero attached hydrogens (tertiary/aromatic N) is 3. The van der Waals surface area contributed by atoms with E-state index in [0.717, 1.165) is 10.0 Å². The van der Waals surface area contributed by atoms with Crippen molar-refractivity contribution in [2.75, 3.05) is 10.6 Å². The van der Waals surface area contributed by atoms with Crippen LogP contribution in [0.15, 0.2) is 59.3 Å². The van der Waals surface area contributed by atoms with E-state index in [0.29, 0.717) is 29.6 Å². The maximum atomic E-state index is 12.5. The number of pyridine rings is 1. The lowest BCUT2D eigenvalue weighted by molar-refractivity contribution is 0.102. The van der Waals surface area contributed by atoms with Gasteiger partial charge in [0.1, 0.15) is 5.69 Å². The molecule has 0 bridgehead atoms. The van der Waals surface area contributed by atoms with Crippen LogP contribution < -0.4 is 10.6 Å². The lowest BCUT2D eigenvalue weighted by Crippen LogP contribution is -2.16. The average Bonchev–Trinajstić information content (AvgIpc) is 2.62. The van der Waals surface area contributed by atoms with E-state index in [-0.39, 0.29) is 5.91 Å². The summed E-state index contributed by atoms with van der Waals surface area (Å²) in [6.07, 6.45) is 3.49. The largest absolute Gasteiger partial charge is 0.350 e. The second-order valence-electron chi connectivity index (χ2n) is 5.37. The van der Waals surface area contributed by atoms with E-state index in [2.05, 4.69) is 41.5 Å². The molecule has 0 aliphatic heterocycles. The first-order valence-corrected chi connectivity index (χ1v) is 8.45. The number of rotatable bonds is 5. The van der Waals surface area contributed by atoms with Gasteiger partial charge in [-0.15, -0.1) is 0 Å². The molecule has 0 atom stereocenters. The Morgan fingerprint density at radius 1 is 1.16 bits per heavy atom. The Bertz CT molecular complexity index is 886. The molecule has 1 amide bonds. The minimum absolute atomic E-state index is 0.290. The second kappa shape index (κ2) is 7.85. The van der Waals surface area contributed by atoms with Crippen LogP contribution in [0.2, 0.25) is 0 Å². The SMILES string of the molecule is Cc1cc(C(=O)Nc2ccccc2Br)nc(NCc2cccnc2)n1. The topological polar surface area (TPSA) is 79.8 Å². The minimum atomic E-state index is -0.290. The van der Waals surface area contributed by atoms with Gasteiger partial charge in [0, 0.05) is 29.1 Å². The summed E-state index contributed by atoms with van der Waals surface area (Å²) in [4.78, 5) is 25.2. The van der Waals surface area contributed by atoms with Crippen molar-refractivity contribution in [2.45, 2.75) is 13.5 Å². The van der Waals surface area contributed by atoms with Crippen LogP contribution in [0, 0.1) is 6.92 Å². The highest BCUT2D eigenvalue weighted by Crippen LogP contribution is 2.21. The summed E-state index contributed by atoms with van der Waals surface area (Å²) in [5, 5.41) is 5.96. The fourth-order valence-corrected chi connectivity index (χ4v) is 2.58. The average molecular weight is 398 g/mol. The van der Waals surface area contributed by atoms with E-state index in [9.17, 15) is 4.79 Å². The summed E-state index contributed by atoms with van der Waals surface area (Å²) in [7, 11) is 0. The molecule has 0 fully saturated rings. The first kappa shape index (κ1) is 17.0. The predicted molar refractivity (Wildman–Crippen MR) is 100 cm³/mol. The van der Waals surface area contributed by atoms with Crippen molar-refractivity contribution in [1.29, 1.82) is 0 Å². The molecule has 7 heteroatoms. The number of carbonyl (C=O) groups excluding carboxylic acids is 1. The van der Waals surface area contributed by atoms with E-state index in [1.807, 2.05) is 43.3 Å². The maximum absolute atomic E-state index is 12.5. The molecule has 0 radical (unpaired) electrons. The van der Waals surface area contributed by atoms with Gasteiger partial charge in [-0.25, -0.2) is 9.97 Å². The molecule has 1 aromatic carbocycles. The van der Waals surface area contributed by atoms with Crippen molar-refractivity contribution in [3.05, 3.63) is 76.3 Å². The van der Waals surface area contributed by atoms with Gasteiger partial charge in [0.2, 0.25) is 5.95 Å². The number of aromatic nitrogens is 3. The number of nitrogens with one attached hydrogen (secondary N) is 2. The van der Waals surface area contributed by atoms with Crippen LogP contribution in [-0.2, 0) is 6.54 Å². The summed E-state index contributed by atoms with van der Waals surface area (Å²) >= 11 is 3.41. The van der Waals surface area contributed by atoms with E-state index in [1.54, 1.807) is 18.5 Å².